The van der Waals surface area contributed by atoms with Gasteiger partial charge in [0.2, 0.25) is 5.91 Å². The van der Waals surface area contributed by atoms with Gasteiger partial charge in [0.25, 0.3) is 0 Å². The molecule has 2 rings (SSSR count). The van der Waals surface area contributed by atoms with Crippen LogP contribution in [0.2, 0.25) is 0 Å². The molecule has 124 valence electrons. The molecule has 3 N–H and O–H groups in total. The molecule has 1 amide bonds. The van der Waals surface area contributed by atoms with E-state index in [-0.39, 0.29) is 23.7 Å². The van der Waals surface area contributed by atoms with Crippen molar-refractivity contribution in [3.63, 3.8) is 0 Å². The van der Waals surface area contributed by atoms with Crippen molar-refractivity contribution in [2.75, 3.05) is 33.5 Å². The highest BCUT2D eigenvalue weighted by molar-refractivity contribution is 5.86. The van der Waals surface area contributed by atoms with Crippen molar-refractivity contribution in [1.29, 1.82) is 0 Å². The zero-order valence-corrected chi connectivity index (χ0v) is 13.8. The van der Waals surface area contributed by atoms with E-state index in [0.29, 0.717) is 26.1 Å². The predicted octanol–water partition coefficient (Wildman–Crippen LogP) is 1.63. The van der Waals surface area contributed by atoms with Crippen LogP contribution in [0.4, 0.5) is 0 Å². The van der Waals surface area contributed by atoms with Crippen molar-refractivity contribution in [2.24, 2.45) is 11.1 Å². The van der Waals surface area contributed by atoms with Gasteiger partial charge in [0.15, 0.2) is 0 Å². The van der Waals surface area contributed by atoms with E-state index >= 15 is 0 Å². The molecule has 1 aliphatic carbocycles. The van der Waals surface area contributed by atoms with E-state index in [9.17, 15) is 4.79 Å². The topological polar surface area (TPSA) is 73.6 Å². The molecule has 1 heterocycles. The van der Waals surface area contributed by atoms with Crippen molar-refractivity contribution in [3.8, 4) is 0 Å². The Labute approximate surface area is 133 Å². The first-order valence-electron chi connectivity index (χ1n) is 7.74. The van der Waals surface area contributed by atoms with Crippen molar-refractivity contribution in [3.05, 3.63) is 0 Å². The second kappa shape index (κ2) is 8.32. The third-order valence-corrected chi connectivity index (χ3v) is 4.96. The number of amides is 1. The van der Waals surface area contributed by atoms with E-state index in [1.165, 1.54) is 25.7 Å². The maximum absolute atomic E-state index is 12.4. The van der Waals surface area contributed by atoms with Gasteiger partial charge in [-0.1, -0.05) is 12.8 Å². The number of nitrogens with two attached hydrogens (primary N) is 1. The summed E-state index contributed by atoms with van der Waals surface area (Å²) in [5.74, 6) is -0.00973. The Morgan fingerprint density at radius 2 is 1.86 bits per heavy atom. The molecule has 0 bridgehead atoms. The second-order valence-corrected chi connectivity index (χ2v) is 6.40. The average molecular weight is 321 g/mol. The van der Waals surface area contributed by atoms with E-state index in [1.54, 1.807) is 7.11 Å². The van der Waals surface area contributed by atoms with Gasteiger partial charge in [-0.25, -0.2) is 0 Å². The fourth-order valence-corrected chi connectivity index (χ4v) is 3.37. The molecule has 0 aromatic carbocycles. The second-order valence-electron chi connectivity index (χ2n) is 6.40. The minimum atomic E-state index is -0.737. The summed E-state index contributed by atoms with van der Waals surface area (Å²) >= 11 is 0. The minimum absolute atomic E-state index is 0. The highest BCUT2D eigenvalue weighted by atomic mass is 35.5. The van der Waals surface area contributed by atoms with Gasteiger partial charge in [-0.3, -0.25) is 4.79 Å². The molecule has 2 aliphatic rings. The molecular weight excluding hydrogens is 292 g/mol. The molecule has 0 radical (unpaired) electrons. The molecule has 1 saturated heterocycles. The maximum atomic E-state index is 12.4. The van der Waals surface area contributed by atoms with Crippen LogP contribution < -0.4 is 11.1 Å². The number of halogens is 1. The van der Waals surface area contributed by atoms with Crippen LogP contribution in [0.25, 0.3) is 0 Å². The van der Waals surface area contributed by atoms with Gasteiger partial charge in [0.1, 0.15) is 0 Å². The first-order chi connectivity index (χ1) is 9.60. The van der Waals surface area contributed by atoms with Crippen LogP contribution in [0.5, 0.6) is 0 Å². The quantitative estimate of drug-likeness (QED) is 0.780. The SMILES string of the molecule is COCCC1(CNC(=O)C2(N)CCOCC2)CCCC1.Cl. The molecule has 2 fully saturated rings. The lowest BCUT2D eigenvalue weighted by Gasteiger charge is -2.35. The van der Waals surface area contributed by atoms with Gasteiger partial charge >= 0.3 is 0 Å². The molecule has 0 aromatic rings. The summed E-state index contributed by atoms with van der Waals surface area (Å²) in [5, 5.41) is 3.11. The van der Waals surface area contributed by atoms with Gasteiger partial charge in [0, 0.05) is 33.5 Å². The van der Waals surface area contributed by atoms with Crippen molar-refractivity contribution < 1.29 is 14.3 Å². The van der Waals surface area contributed by atoms with Crippen LogP contribution in [-0.4, -0.2) is 44.9 Å². The third-order valence-electron chi connectivity index (χ3n) is 4.96. The normalized spacial score (nSPS) is 23.3. The number of ether oxygens (including phenoxy) is 2. The number of methoxy groups -OCH3 is 1. The molecule has 0 spiro atoms. The van der Waals surface area contributed by atoms with Crippen LogP contribution in [0.15, 0.2) is 0 Å². The van der Waals surface area contributed by atoms with E-state index in [1.807, 2.05) is 0 Å². The van der Waals surface area contributed by atoms with E-state index in [4.69, 9.17) is 15.2 Å². The fourth-order valence-electron chi connectivity index (χ4n) is 3.37. The smallest absolute Gasteiger partial charge is 0.240 e. The Kier molecular flexibility index (Phi) is 7.40. The minimum Gasteiger partial charge on any atom is -0.385 e. The van der Waals surface area contributed by atoms with Crippen LogP contribution in [0.1, 0.15) is 44.9 Å². The lowest BCUT2D eigenvalue weighted by Crippen LogP contribution is -2.58. The molecule has 1 saturated carbocycles. The number of hydrogen-bond donors (Lipinski definition) is 2. The average Bonchev–Trinajstić information content (AvgIpc) is 2.93. The number of nitrogens with one attached hydrogen (secondary N) is 1. The van der Waals surface area contributed by atoms with E-state index in [0.717, 1.165) is 19.6 Å². The van der Waals surface area contributed by atoms with Gasteiger partial charge in [-0.2, -0.15) is 0 Å². The van der Waals surface area contributed by atoms with E-state index in [2.05, 4.69) is 5.32 Å². The Morgan fingerprint density at radius 1 is 1.24 bits per heavy atom. The molecule has 0 unspecified atom stereocenters. The summed E-state index contributed by atoms with van der Waals surface area (Å²) in [6, 6.07) is 0. The standard InChI is InChI=1S/C15H28N2O3.ClH/c1-19-9-6-14(4-2-3-5-14)12-17-13(18)15(16)7-10-20-11-8-15;/h2-12,16H2,1H3,(H,17,18);1H. The highest BCUT2D eigenvalue weighted by Gasteiger charge is 2.39. The van der Waals surface area contributed by atoms with Gasteiger partial charge in [-0.05, 0) is 37.5 Å². The first-order valence-corrected chi connectivity index (χ1v) is 7.74. The maximum Gasteiger partial charge on any atom is 0.240 e. The lowest BCUT2D eigenvalue weighted by atomic mass is 9.82. The summed E-state index contributed by atoms with van der Waals surface area (Å²) in [4.78, 5) is 12.4. The number of hydrogen-bond acceptors (Lipinski definition) is 4. The molecule has 21 heavy (non-hydrogen) atoms. The Balaban J connectivity index is 0.00000220. The first kappa shape index (κ1) is 18.7. The Morgan fingerprint density at radius 3 is 2.43 bits per heavy atom. The summed E-state index contributed by atoms with van der Waals surface area (Å²) in [6.45, 7) is 2.66. The fraction of sp³-hybridized carbons (Fsp3) is 0.933. The summed E-state index contributed by atoms with van der Waals surface area (Å²) in [5.41, 5.74) is 5.69. The highest BCUT2D eigenvalue weighted by Crippen LogP contribution is 2.40. The third kappa shape index (κ3) is 4.81. The summed E-state index contributed by atoms with van der Waals surface area (Å²) < 4.78 is 10.5. The Bertz CT molecular complexity index is 327. The Hall–Kier alpha value is -0.360. The van der Waals surface area contributed by atoms with Crippen LogP contribution in [-0.2, 0) is 14.3 Å². The lowest BCUT2D eigenvalue weighted by molar-refractivity contribution is -0.130. The largest absolute Gasteiger partial charge is 0.385 e. The zero-order chi connectivity index (χ0) is 14.5. The molecule has 6 heteroatoms. The molecule has 0 atom stereocenters. The molecular formula is C15H29ClN2O3. The summed E-state index contributed by atoms with van der Waals surface area (Å²) in [6.07, 6.45) is 7.11. The zero-order valence-electron chi connectivity index (χ0n) is 13.0. The van der Waals surface area contributed by atoms with Crippen molar-refractivity contribution >= 4 is 18.3 Å². The number of rotatable bonds is 6. The monoisotopic (exact) mass is 320 g/mol. The molecule has 1 aliphatic heterocycles. The van der Waals surface area contributed by atoms with Crippen LogP contribution >= 0.6 is 12.4 Å². The number of carbonyl (C=O) groups excluding carboxylic acids is 1. The van der Waals surface area contributed by atoms with E-state index < -0.39 is 5.54 Å². The van der Waals surface area contributed by atoms with Crippen LogP contribution in [0.3, 0.4) is 0 Å². The van der Waals surface area contributed by atoms with Crippen LogP contribution in [0, 0.1) is 5.41 Å². The van der Waals surface area contributed by atoms with Gasteiger partial charge in [-0.15, -0.1) is 12.4 Å². The van der Waals surface area contributed by atoms with Crippen molar-refractivity contribution in [1.82, 2.24) is 5.32 Å². The number of carbonyl (C=O) groups is 1. The summed E-state index contributed by atoms with van der Waals surface area (Å²) in [7, 11) is 1.73. The van der Waals surface area contributed by atoms with Crippen molar-refractivity contribution in [2.45, 2.75) is 50.5 Å². The molecule has 5 nitrogen and oxygen atoms in total. The molecule has 0 aromatic heterocycles. The van der Waals surface area contributed by atoms with Gasteiger partial charge < -0.3 is 20.5 Å². The predicted molar refractivity (Wildman–Crippen MR) is 84.6 cm³/mol. The van der Waals surface area contributed by atoms with Gasteiger partial charge in [0.05, 0.1) is 5.54 Å².